The number of benzene rings is 1. The molecule has 1 aromatic carbocycles. The van der Waals surface area contributed by atoms with E-state index in [0.717, 1.165) is 42.8 Å². The lowest BCUT2D eigenvalue weighted by Crippen LogP contribution is -2.08. The number of rotatable bonds is 6. The van der Waals surface area contributed by atoms with Gasteiger partial charge in [-0.05, 0) is 31.7 Å². The zero-order chi connectivity index (χ0) is 15.4. The molecule has 0 amide bonds. The molecule has 3 heteroatoms. The molecule has 0 aliphatic heterocycles. The Morgan fingerprint density at radius 2 is 2.05 bits per heavy atom. The molecule has 0 aliphatic carbocycles. The molecule has 0 radical (unpaired) electrons. The lowest BCUT2D eigenvalue weighted by molar-refractivity contribution is 0.465. The molecule has 1 aromatic heterocycles. The van der Waals surface area contributed by atoms with Gasteiger partial charge in [0.05, 0.1) is 0 Å². The van der Waals surface area contributed by atoms with Gasteiger partial charge >= 0.3 is 0 Å². The van der Waals surface area contributed by atoms with Crippen LogP contribution in [-0.2, 0) is 13.0 Å². The van der Waals surface area contributed by atoms with Crippen LogP contribution in [0.3, 0.4) is 0 Å². The van der Waals surface area contributed by atoms with Crippen molar-refractivity contribution in [2.45, 2.75) is 53.5 Å². The SMILES string of the molecule is CCCCc1nn(CC(C)C)c(-c2cccc(C)c2)c1O. The monoisotopic (exact) mass is 286 g/mol. The maximum absolute atomic E-state index is 10.6. The molecule has 2 aromatic rings. The molecule has 0 aliphatic rings. The quantitative estimate of drug-likeness (QED) is 0.845. The van der Waals surface area contributed by atoms with Crippen LogP contribution in [0.1, 0.15) is 44.9 Å². The second-order valence-electron chi connectivity index (χ2n) is 6.19. The fourth-order valence-corrected chi connectivity index (χ4v) is 2.57. The summed E-state index contributed by atoms with van der Waals surface area (Å²) in [6.45, 7) is 9.39. The molecule has 0 atom stereocenters. The maximum Gasteiger partial charge on any atom is 0.164 e. The maximum atomic E-state index is 10.6. The van der Waals surface area contributed by atoms with Gasteiger partial charge in [-0.3, -0.25) is 4.68 Å². The van der Waals surface area contributed by atoms with Gasteiger partial charge in [-0.15, -0.1) is 0 Å². The van der Waals surface area contributed by atoms with Gasteiger partial charge in [-0.1, -0.05) is 51.0 Å². The highest BCUT2D eigenvalue weighted by Gasteiger charge is 2.19. The van der Waals surface area contributed by atoms with Crippen molar-refractivity contribution < 1.29 is 5.11 Å². The third kappa shape index (κ3) is 3.66. The number of aromatic hydroxyl groups is 1. The Balaban J connectivity index is 2.48. The Kier molecular flexibility index (Phi) is 5.05. The summed E-state index contributed by atoms with van der Waals surface area (Å²) in [6.07, 6.45) is 3.00. The fraction of sp³-hybridized carbons (Fsp3) is 0.500. The van der Waals surface area contributed by atoms with E-state index in [4.69, 9.17) is 0 Å². The van der Waals surface area contributed by atoms with Crippen LogP contribution >= 0.6 is 0 Å². The predicted molar refractivity (Wildman–Crippen MR) is 87.5 cm³/mol. The Bertz CT molecular complexity index is 599. The molecule has 0 unspecified atom stereocenters. The molecule has 0 spiro atoms. The number of hydrogen-bond acceptors (Lipinski definition) is 2. The minimum absolute atomic E-state index is 0.356. The molecule has 0 saturated heterocycles. The molecule has 3 nitrogen and oxygen atoms in total. The van der Waals surface area contributed by atoms with E-state index in [1.165, 1.54) is 5.56 Å². The Labute approximate surface area is 127 Å². The first-order valence-corrected chi connectivity index (χ1v) is 7.88. The number of unbranched alkanes of at least 4 members (excludes halogenated alkanes) is 1. The van der Waals surface area contributed by atoms with Crippen LogP contribution in [-0.4, -0.2) is 14.9 Å². The van der Waals surface area contributed by atoms with E-state index < -0.39 is 0 Å². The molecule has 2 rings (SSSR count). The van der Waals surface area contributed by atoms with Gasteiger partial charge in [0, 0.05) is 12.1 Å². The second kappa shape index (κ2) is 6.79. The number of aromatic nitrogens is 2. The minimum Gasteiger partial charge on any atom is -0.504 e. The molecule has 114 valence electrons. The summed E-state index contributed by atoms with van der Waals surface area (Å²) < 4.78 is 1.97. The van der Waals surface area contributed by atoms with Crippen molar-refractivity contribution in [1.82, 2.24) is 9.78 Å². The van der Waals surface area contributed by atoms with Crippen molar-refractivity contribution in [2.75, 3.05) is 0 Å². The normalized spacial score (nSPS) is 11.3. The van der Waals surface area contributed by atoms with Gasteiger partial charge in [0.15, 0.2) is 5.75 Å². The van der Waals surface area contributed by atoms with Gasteiger partial charge in [0.2, 0.25) is 0 Å². The fourth-order valence-electron chi connectivity index (χ4n) is 2.57. The average molecular weight is 286 g/mol. The molecule has 0 fully saturated rings. The third-order valence-electron chi connectivity index (χ3n) is 3.59. The zero-order valence-corrected chi connectivity index (χ0v) is 13.6. The zero-order valence-electron chi connectivity index (χ0n) is 13.6. The minimum atomic E-state index is 0.356. The Morgan fingerprint density at radius 1 is 1.29 bits per heavy atom. The van der Waals surface area contributed by atoms with Crippen molar-refractivity contribution >= 4 is 0 Å². The highest BCUT2D eigenvalue weighted by Crippen LogP contribution is 2.34. The smallest absolute Gasteiger partial charge is 0.164 e. The molecule has 0 bridgehead atoms. The number of nitrogens with zero attached hydrogens (tertiary/aromatic N) is 2. The van der Waals surface area contributed by atoms with E-state index in [1.54, 1.807) is 0 Å². The summed E-state index contributed by atoms with van der Waals surface area (Å²) in [7, 11) is 0. The summed E-state index contributed by atoms with van der Waals surface area (Å²) >= 11 is 0. The molecule has 21 heavy (non-hydrogen) atoms. The van der Waals surface area contributed by atoms with Crippen molar-refractivity contribution in [3.05, 3.63) is 35.5 Å². The highest BCUT2D eigenvalue weighted by molar-refractivity contribution is 5.68. The Morgan fingerprint density at radius 3 is 2.67 bits per heavy atom. The van der Waals surface area contributed by atoms with Crippen molar-refractivity contribution in [3.8, 4) is 17.0 Å². The van der Waals surface area contributed by atoms with Crippen LogP contribution < -0.4 is 0 Å². The number of hydrogen-bond donors (Lipinski definition) is 1. The van der Waals surface area contributed by atoms with Gasteiger partial charge in [-0.25, -0.2) is 0 Å². The first kappa shape index (κ1) is 15.6. The lowest BCUT2D eigenvalue weighted by Gasteiger charge is -2.10. The van der Waals surface area contributed by atoms with Gasteiger partial charge in [-0.2, -0.15) is 5.10 Å². The summed E-state index contributed by atoms with van der Waals surface area (Å²) in [4.78, 5) is 0. The third-order valence-corrected chi connectivity index (χ3v) is 3.59. The van der Waals surface area contributed by atoms with E-state index in [9.17, 15) is 5.11 Å². The van der Waals surface area contributed by atoms with Crippen molar-refractivity contribution in [2.24, 2.45) is 5.92 Å². The molecular weight excluding hydrogens is 260 g/mol. The van der Waals surface area contributed by atoms with Crippen LogP contribution in [0, 0.1) is 12.8 Å². The second-order valence-corrected chi connectivity index (χ2v) is 6.19. The Hall–Kier alpha value is -1.77. The van der Waals surface area contributed by atoms with Crippen LogP contribution in [0.2, 0.25) is 0 Å². The summed E-state index contributed by atoms with van der Waals surface area (Å²) in [5.74, 6) is 0.849. The average Bonchev–Trinajstić information content (AvgIpc) is 2.71. The first-order valence-electron chi connectivity index (χ1n) is 7.88. The highest BCUT2D eigenvalue weighted by atomic mass is 16.3. The van der Waals surface area contributed by atoms with E-state index in [1.807, 2.05) is 16.8 Å². The van der Waals surface area contributed by atoms with Crippen LogP contribution in [0.4, 0.5) is 0 Å². The standard InChI is InChI=1S/C18H26N2O/c1-5-6-10-16-18(21)17(20(19-16)12-13(2)3)15-9-7-8-14(4)11-15/h7-9,11,13,21H,5-6,10,12H2,1-4H3. The topological polar surface area (TPSA) is 38.0 Å². The van der Waals surface area contributed by atoms with Gasteiger partial charge < -0.3 is 5.11 Å². The van der Waals surface area contributed by atoms with Crippen LogP contribution in [0.15, 0.2) is 24.3 Å². The summed E-state index contributed by atoms with van der Waals surface area (Å²) in [5.41, 5.74) is 3.93. The van der Waals surface area contributed by atoms with E-state index >= 15 is 0 Å². The van der Waals surface area contributed by atoms with E-state index in [-0.39, 0.29) is 0 Å². The summed E-state index contributed by atoms with van der Waals surface area (Å²) in [5, 5.41) is 15.3. The van der Waals surface area contributed by atoms with Gasteiger partial charge in [0.25, 0.3) is 0 Å². The lowest BCUT2D eigenvalue weighted by atomic mass is 10.1. The largest absolute Gasteiger partial charge is 0.504 e. The van der Waals surface area contributed by atoms with Gasteiger partial charge in [0.1, 0.15) is 11.4 Å². The molecule has 0 saturated carbocycles. The molecular formula is C18H26N2O. The van der Waals surface area contributed by atoms with E-state index in [2.05, 4.69) is 44.9 Å². The van der Waals surface area contributed by atoms with E-state index in [0.29, 0.717) is 11.7 Å². The van der Waals surface area contributed by atoms with Crippen LogP contribution in [0.5, 0.6) is 5.75 Å². The van der Waals surface area contributed by atoms with Crippen molar-refractivity contribution in [3.63, 3.8) is 0 Å². The van der Waals surface area contributed by atoms with Crippen LogP contribution in [0.25, 0.3) is 11.3 Å². The first-order chi connectivity index (χ1) is 10.0. The molecule has 1 heterocycles. The summed E-state index contributed by atoms with van der Waals surface area (Å²) in [6, 6.07) is 8.26. The van der Waals surface area contributed by atoms with Crippen molar-refractivity contribution in [1.29, 1.82) is 0 Å². The predicted octanol–water partition coefficient (Wildman–Crippen LogP) is 4.56. The number of aryl methyl sites for hydroxylation is 2. The molecule has 1 N–H and O–H groups in total.